The predicted octanol–water partition coefficient (Wildman–Crippen LogP) is 4.85. The van der Waals surface area contributed by atoms with Crippen LogP contribution in [0.3, 0.4) is 0 Å². The molecule has 0 heterocycles. The van der Waals surface area contributed by atoms with Crippen LogP contribution < -0.4 is 5.32 Å². The lowest BCUT2D eigenvalue weighted by Gasteiger charge is -2.10. The van der Waals surface area contributed by atoms with Crippen LogP contribution in [0.15, 0.2) is 42.5 Å². The van der Waals surface area contributed by atoms with Crippen molar-refractivity contribution < 1.29 is 8.78 Å². The minimum Gasteiger partial charge on any atom is -0.381 e. The molecule has 0 aromatic heterocycles. The highest BCUT2D eigenvalue weighted by Gasteiger charge is 2.05. The molecule has 0 unspecified atom stereocenters. The molecule has 3 heteroatoms. The Balaban J connectivity index is 2.02. The summed E-state index contributed by atoms with van der Waals surface area (Å²) in [6.45, 7) is 4.74. The van der Waals surface area contributed by atoms with Gasteiger partial charge in [-0.25, -0.2) is 8.78 Å². The van der Waals surface area contributed by atoms with E-state index in [2.05, 4.69) is 31.3 Å². The molecule has 0 aliphatic carbocycles. The number of anilines is 1. The Hall–Kier alpha value is -1.90. The Bertz CT molecular complexity index is 547. The second kappa shape index (κ2) is 5.83. The predicted molar refractivity (Wildman–Crippen MR) is 74.6 cm³/mol. The highest BCUT2D eigenvalue weighted by molar-refractivity contribution is 5.52. The minimum absolute atomic E-state index is 0.0651. The largest absolute Gasteiger partial charge is 0.381 e. The van der Waals surface area contributed by atoms with Crippen molar-refractivity contribution in [1.29, 1.82) is 0 Å². The van der Waals surface area contributed by atoms with Gasteiger partial charge in [-0.1, -0.05) is 42.0 Å². The molecule has 0 spiro atoms. The Labute approximate surface area is 112 Å². The quantitative estimate of drug-likeness (QED) is 0.829. The second-order valence-electron chi connectivity index (χ2n) is 4.71. The highest BCUT2D eigenvalue weighted by Crippen LogP contribution is 2.20. The summed E-state index contributed by atoms with van der Waals surface area (Å²) in [4.78, 5) is 0. The number of alkyl halides is 2. The third-order valence-corrected chi connectivity index (χ3v) is 3.10. The first kappa shape index (κ1) is 13.5. The lowest BCUT2D eigenvalue weighted by Crippen LogP contribution is -2.01. The lowest BCUT2D eigenvalue weighted by atomic mass is 10.1. The van der Waals surface area contributed by atoms with Crippen LogP contribution in [-0.4, -0.2) is 0 Å². The summed E-state index contributed by atoms with van der Waals surface area (Å²) >= 11 is 0. The molecule has 0 saturated carbocycles. The summed E-state index contributed by atoms with van der Waals surface area (Å²) < 4.78 is 24.8. The first-order valence-corrected chi connectivity index (χ1v) is 6.24. The van der Waals surface area contributed by atoms with Crippen molar-refractivity contribution in [3.05, 3.63) is 64.7 Å². The van der Waals surface area contributed by atoms with Gasteiger partial charge in [0.2, 0.25) is 0 Å². The van der Waals surface area contributed by atoms with Gasteiger partial charge in [0.1, 0.15) is 0 Å². The molecule has 1 nitrogen and oxygen atoms in total. The van der Waals surface area contributed by atoms with Gasteiger partial charge in [-0.15, -0.1) is 0 Å². The van der Waals surface area contributed by atoms with Crippen LogP contribution in [0.2, 0.25) is 0 Å². The number of nitrogens with one attached hydrogen (secondary N) is 1. The van der Waals surface area contributed by atoms with Gasteiger partial charge in [0, 0.05) is 17.8 Å². The molecule has 2 aromatic rings. The van der Waals surface area contributed by atoms with Crippen molar-refractivity contribution in [3.8, 4) is 0 Å². The van der Waals surface area contributed by atoms with E-state index < -0.39 is 6.43 Å². The van der Waals surface area contributed by atoms with Gasteiger partial charge in [0.05, 0.1) is 0 Å². The van der Waals surface area contributed by atoms with E-state index in [1.807, 2.05) is 6.07 Å². The Kier molecular flexibility index (Phi) is 4.15. The number of hydrogen-bond acceptors (Lipinski definition) is 1. The van der Waals surface area contributed by atoms with E-state index in [9.17, 15) is 8.78 Å². The SMILES string of the molecule is Cc1ccc(NCc2ccc(C(F)F)cc2)c(C)c1. The Morgan fingerprint density at radius 2 is 1.68 bits per heavy atom. The normalized spacial score (nSPS) is 10.8. The zero-order valence-corrected chi connectivity index (χ0v) is 11.1. The van der Waals surface area contributed by atoms with Crippen LogP contribution >= 0.6 is 0 Å². The first-order chi connectivity index (χ1) is 9.06. The summed E-state index contributed by atoms with van der Waals surface area (Å²) in [6, 6.07) is 12.6. The maximum atomic E-state index is 12.4. The second-order valence-corrected chi connectivity index (χ2v) is 4.71. The van der Waals surface area contributed by atoms with Crippen molar-refractivity contribution >= 4 is 5.69 Å². The molecular formula is C16H17F2N. The van der Waals surface area contributed by atoms with E-state index in [-0.39, 0.29) is 5.56 Å². The number of hydrogen-bond donors (Lipinski definition) is 1. The van der Waals surface area contributed by atoms with Gasteiger partial charge in [-0.3, -0.25) is 0 Å². The van der Waals surface area contributed by atoms with Crippen LogP contribution in [0, 0.1) is 13.8 Å². The van der Waals surface area contributed by atoms with E-state index in [4.69, 9.17) is 0 Å². The monoisotopic (exact) mass is 261 g/mol. The van der Waals surface area contributed by atoms with Gasteiger partial charge in [-0.05, 0) is 31.0 Å². The molecular weight excluding hydrogens is 244 g/mol. The maximum Gasteiger partial charge on any atom is 0.263 e. The van der Waals surface area contributed by atoms with Gasteiger partial charge >= 0.3 is 0 Å². The fourth-order valence-electron chi connectivity index (χ4n) is 1.99. The molecule has 0 aliphatic rings. The minimum atomic E-state index is -2.40. The van der Waals surface area contributed by atoms with E-state index in [0.717, 1.165) is 11.3 Å². The highest BCUT2D eigenvalue weighted by atomic mass is 19.3. The van der Waals surface area contributed by atoms with Crippen LogP contribution in [0.5, 0.6) is 0 Å². The maximum absolute atomic E-state index is 12.4. The molecule has 2 aromatic carbocycles. The zero-order valence-electron chi connectivity index (χ0n) is 11.1. The first-order valence-electron chi connectivity index (χ1n) is 6.24. The Morgan fingerprint density at radius 1 is 1.00 bits per heavy atom. The van der Waals surface area contributed by atoms with Gasteiger partial charge in [-0.2, -0.15) is 0 Å². The van der Waals surface area contributed by atoms with Crippen molar-refractivity contribution in [2.45, 2.75) is 26.8 Å². The third kappa shape index (κ3) is 3.53. The van der Waals surface area contributed by atoms with Gasteiger partial charge in [0.25, 0.3) is 6.43 Å². The molecule has 0 bridgehead atoms. The molecule has 1 N–H and O–H groups in total. The van der Waals surface area contributed by atoms with Gasteiger partial charge < -0.3 is 5.32 Å². The Morgan fingerprint density at radius 3 is 2.26 bits per heavy atom. The topological polar surface area (TPSA) is 12.0 Å². The molecule has 0 amide bonds. The van der Waals surface area contributed by atoms with E-state index >= 15 is 0 Å². The number of benzene rings is 2. The van der Waals surface area contributed by atoms with Crippen molar-refractivity contribution in [2.75, 3.05) is 5.32 Å². The molecule has 2 rings (SSSR count). The summed E-state index contributed by atoms with van der Waals surface area (Å²) in [6.07, 6.45) is -2.40. The smallest absolute Gasteiger partial charge is 0.263 e. The van der Waals surface area contributed by atoms with Crippen LogP contribution in [0.1, 0.15) is 28.7 Å². The summed E-state index contributed by atoms with van der Waals surface area (Å²) in [5, 5.41) is 3.32. The van der Waals surface area contributed by atoms with Crippen molar-refractivity contribution in [3.63, 3.8) is 0 Å². The summed E-state index contributed by atoms with van der Waals surface area (Å²) in [5.41, 5.74) is 4.54. The average molecular weight is 261 g/mol. The average Bonchev–Trinajstić information content (AvgIpc) is 2.38. The summed E-state index contributed by atoms with van der Waals surface area (Å²) in [5.74, 6) is 0. The van der Waals surface area contributed by atoms with Crippen LogP contribution in [0.4, 0.5) is 14.5 Å². The molecule has 100 valence electrons. The third-order valence-electron chi connectivity index (χ3n) is 3.10. The fourth-order valence-corrected chi connectivity index (χ4v) is 1.99. The van der Waals surface area contributed by atoms with Crippen molar-refractivity contribution in [1.82, 2.24) is 0 Å². The number of aryl methyl sites for hydroxylation is 2. The number of halogens is 2. The molecule has 0 saturated heterocycles. The van der Waals surface area contributed by atoms with E-state index in [1.165, 1.54) is 23.3 Å². The van der Waals surface area contributed by atoms with Gasteiger partial charge in [0.15, 0.2) is 0 Å². The fraction of sp³-hybridized carbons (Fsp3) is 0.250. The standard InChI is InChI=1S/C16H17F2N/c1-11-3-8-15(12(2)9-11)19-10-13-4-6-14(7-5-13)16(17)18/h3-9,16,19H,10H2,1-2H3. The van der Waals surface area contributed by atoms with Crippen molar-refractivity contribution in [2.24, 2.45) is 0 Å². The molecule has 19 heavy (non-hydrogen) atoms. The number of rotatable bonds is 4. The van der Waals surface area contributed by atoms with Crippen LogP contribution in [0.25, 0.3) is 0 Å². The molecule has 0 fully saturated rings. The zero-order chi connectivity index (χ0) is 13.8. The van der Waals surface area contributed by atoms with Crippen LogP contribution in [-0.2, 0) is 6.54 Å². The molecule has 0 radical (unpaired) electrons. The summed E-state index contributed by atoms with van der Waals surface area (Å²) in [7, 11) is 0. The molecule has 0 aliphatic heterocycles. The molecule has 0 atom stereocenters. The van der Waals surface area contributed by atoms with E-state index in [1.54, 1.807) is 12.1 Å². The van der Waals surface area contributed by atoms with E-state index in [0.29, 0.717) is 6.54 Å². The lowest BCUT2D eigenvalue weighted by molar-refractivity contribution is 0.151.